The molecule has 1 heterocycles. The second kappa shape index (κ2) is 8.99. The number of phenolic OH excluding ortho intramolecular Hbond substituents is 1. The molecule has 1 N–H and O–H groups in total. The smallest absolute Gasteiger partial charge is 0.226 e. The maximum atomic E-state index is 13.3. The summed E-state index contributed by atoms with van der Waals surface area (Å²) in [5.41, 5.74) is 0.581. The zero-order valence-corrected chi connectivity index (χ0v) is 14.5. The van der Waals surface area contributed by atoms with Gasteiger partial charge in [-0.2, -0.15) is 0 Å². The molecule has 0 radical (unpaired) electrons. The Balaban J connectivity index is 1.71. The van der Waals surface area contributed by atoms with E-state index in [1.165, 1.54) is 12.1 Å². The number of carbonyl (C=O) groups is 1. The molecule has 5 nitrogen and oxygen atoms in total. The Morgan fingerprint density at radius 3 is 2.71 bits per heavy atom. The highest BCUT2D eigenvalue weighted by molar-refractivity contribution is 5.78. The Kier molecular flexibility index (Phi) is 6.99. The third kappa shape index (κ3) is 5.76. The number of ether oxygens (including phenoxy) is 1. The second-order valence-corrected chi connectivity index (χ2v) is 6.57. The molecule has 134 valence electrons. The summed E-state index contributed by atoms with van der Waals surface area (Å²) in [6, 6.07) is 4.08. The van der Waals surface area contributed by atoms with E-state index in [9.17, 15) is 14.3 Å². The quantitative estimate of drug-likeness (QED) is 0.773. The van der Waals surface area contributed by atoms with E-state index in [0.29, 0.717) is 18.7 Å². The van der Waals surface area contributed by atoms with E-state index in [1.54, 1.807) is 6.07 Å². The number of nitrogens with zero attached hydrogens (tertiary/aromatic N) is 2. The third-order valence-electron chi connectivity index (χ3n) is 4.27. The summed E-state index contributed by atoms with van der Waals surface area (Å²) in [4.78, 5) is 16.2. The zero-order valence-electron chi connectivity index (χ0n) is 14.5. The molecule has 1 aromatic rings. The lowest BCUT2D eigenvalue weighted by molar-refractivity contribution is -0.133. The highest BCUT2D eigenvalue weighted by Crippen LogP contribution is 2.19. The molecule has 1 amide bonds. The van der Waals surface area contributed by atoms with Crippen molar-refractivity contribution in [3.05, 3.63) is 29.6 Å². The molecule has 6 heteroatoms. The van der Waals surface area contributed by atoms with Crippen LogP contribution in [0.2, 0.25) is 0 Å². The summed E-state index contributed by atoms with van der Waals surface area (Å²) in [5.74, 6) is -1.09. The average Bonchev–Trinajstić information content (AvgIpc) is 2.55. The van der Waals surface area contributed by atoms with Crippen LogP contribution in [-0.4, -0.2) is 67.3 Å². The predicted octanol–water partition coefficient (Wildman–Crippen LogP) is 2.03. The first-order valence-electron chi connectivity index (χ1n) is 8.47. The number of amides is 1. The van der Waals surface area contributed by atoms with E-state index in [4.69, 9.17) is 4.74 Å². The number of benzene rings is 1. The number of piperidine rings is 1. The van der Waals surface area contributed by atoms with E-state index in [-0.39, 0.29) is 18.4 Å². The number of halogens is 1. The summed E-state index contributed by atoms with van der Waals surface area (Å²) >= 11 is 0. The van der Waals surface area contributed by atoms with Crippen molar-refractivity contribution in [1.29, 1.82) is 0 Å². The van der Waals surface area contributed by atoms with Crippen LogP contribution in [0.3, 0.4) is 0 Å². The number of hydrogen-bond acceptors (Lipinski definition) is 4. The first-order chi connectivity index (χ1) is 11.5. The van der Waals surface area contributed by atoms with Gasteiger partial charge in [0.05, 0.1) is 12.5 Å². The van der Waals surface area contributed by atoms with Crippen molar-refractivity contribution in [2.24, 2.45) is 0 Å². The van der Waals surface area contributed by atoms with Crippen LogP contribution in [-0.2, 0) is 16.0 Å². The van der Waals surface area contributed by atoms with Crippen LogP contribution in [0.15, 0.2) is 18.2 Å². The Morgan fingerprint density at radius 2 is 2.08 bits per heavy atom. The first kappa shape index (κ1) is 18.7. The molecule has 1 aliphatic rings. The Bertz CT molecular complexity index is 543. The summed E-state index contributed by atoms with van der Waals surface area (Å²) in [5, 5.41) is 9.19. The molecule has 2 rings (SSSR count). The predicted molar refractivity (Wildman–Crippen MR) is 90.5 cm³/mol. The fraction of sp³-hybridized carbons (Fsp3) is 0.611. The molecule has 0 aliphatic carbocycles. The molecule has 1 aliphatic heterocycles. The maximum Gasteiger partial charge on any atom is 0.226 e. The van der Waals surface area contributed by atoms with E-state index in [1.807, 2.05) is 19.0 Å². The monoisotopic (exact) mass is 338 g/mol. The number of carbonyl (C=O) groups excluding carboxylic acids is 1. The van der Waals surface area contributed by atoms with Crippen LogP contribution in [0.1, 0.15) is 24.8 Å². The summed E-state index contributed by atoms with van der Waals surface area (Å²) in [7, 11) is 4.09. The number of hydrogen-bond donors (Lipinski definition) is 1. The molecule has 0 unspecified atom stereocenters. The molecular formula is C18H27FN2O3. The normalized spacial score (nSPS) is 15.9. The minimum Gasteiger partial charge on any atom is -0.505 e. The van der Waals surface area contributed by atoms with Gasteiger partial charge in [0.25, 0.3) is 0 Å². The fourth-order valence-electron chi connectivity index (χ4n) is 2.85. The Hall–Kier alpha value is -1.66. The van der Waals surface area contributed by atoms with Crippen LogP contribution in [0.25, 0.3) is 0 Å². The van der Waals surface area contributed by atoms with Crippen molar-refractivity contribution in [3.8, 4) is 5.75 Å². The van der Waals surface area contributed by atoms with Crippen molar-refractivity contribution < 1.29 is 19.0 Å². The van der Waals surface area contributed by atoms with Gasteiger partial charge in [-0.3, -0.25) is 4.79 Å². The van der Waals surface area contributed by atoms with Gasteiger partial charge in [-0.1, -0.05) is 6.07 Å². The molecule has 24 heavy (non-hydrogen) atoms. The molecule has 0 spiro atoms. The van der Waals surface area contributed by atoms with Gasteiger partial charge < -0.3 is 19.6 Å². The minimum absolute atomic E-state index is 0.00820. The summed E-state index contributed by atoms with van der Waals surface area (Å²) < 4.78 is 19.2. The van der Waals surface area contributed by atoms with Crippen LogP contribution in [0.5, 0.6) is 5.75 Å². The van der Waals surface area contributed by atoms with Gasteiger partial charge in [-0.25, -0.2) is 4.39 Å². The standard InChI is InChI=1S/C18H27FN2O3/c1-20(2)8-3-11-24-15-6-9-21(10-7-15)18(23)13-14-4-5-17(22)16(19)12-14/h4-5,12,15,22H,3,6-11,13H2,1-2H3. The van der Waals surface area contributed by atoms with Crippen LogP contribution in [0, 0.1) is 5.82 Å². The van der Waals surface area contributed by atoms with E-state index >= 15 is 0 Å². The van der Waals surface area contributed by atoms with Gasteiger partial charge in [-0.05, 0) is 57.6 Å². The molecule has 0 atom stereocenters. The van der Waals surface area contributed by atoms with Gasteiger partial charge >= 0.3 is 0 Å². The molecule has 0 bridgehead atoms. The largest absolute Gasteiger partial charge is 0.505 e. The number of phenols is 1. The van der Waals surface area contributed by atoms with Gasteiger partial charge in [0.1, 0.15) is 0 Å². The van der Waals surface area contributed by atoms with E-state index in [2.05, 4.69) is 4.90 Å². The van der Waals surface area contributed by atoms with Gasteiger partial charge in [0, 0.05) is 19.7 Å². The molecule has 0 aromatic heterocycles. The Morgan fingerprint density at radius 1 is 1.38 bits per heavy atom. The number of rotatable bonds is 7. The first-order valence-corrected chi connectivity index (χ1v) is 8.47. The third-order valence-corrected chi connectivity index (χ3v) is 4.27. The lowest BCUT2D eigenvalue weighted by atomic mass is 10.1. The second-order valence-electron chi connectivity index (χ2n) is 6.57. The van der Waals surface area contributed by atoms with Crippen LogP contribution in [0.4, 0.5) is 4.39 Å². The zero-order chi connectivity index (χ0) is 17.5. The summed E-state index contributed by atoms with van der Waals surface area (Å²) in [6.45, 7) is 3.12. The van der Waals surface area contributed by atoms with Gasteiger partial charge in [-0.15, -0.1) is 0 Å². The molecule has 0 saturated carbocycles. The van der Waals surface area contributed by atoms with Crippen molar-refractivity contribution in [2.75, 3.05) is 40.3 Å². The number of likely N-dealkylation sites (tertiary alicyclic amines) is 1. The van der Waals surface area contributed by atoms with Crippen LogP contribution < -0.4 is 0 Å². The van der Waals surface area contributed by atoms with Crippen LogP contribution >= 0.6 is 0 Å². The highest BCUT2D eigenvalue weighted by atomic mass is 19.1. The maximum absolute atomic E-state index is 13.3. The molecule has 1 aromatic carbocycles. The highest BCUT2D eigenvalue weighted by Gasteiger charge is 2.23. The van der Waals surface area contributed by atoms with Crippen molar-refractivity contribution >= 4 is 5.91 Å². The van der Waals surface area contributed by atoms with E-state index in [0.717, 1.165) is 32.4 Å². The lowest BCUT2D eigenvalue weighted by Gasteiger charge is -2.32. The molecular weight excluding hydrogens is 311 g/mol. The fourth-order valence-corrected chi connectivity index (χ4v) is 2.85. The molecule has 1 saturated heterocycles. The van der Waals surface area contributed by atoms with Crippen molar-refractivity contribution in [3.63, 3.8) is 0 Å². The van der Waals surface area contributed by atoms with Gasteiger partial charge in [0.2, 0.25) is 5.91 Å². The van der Waals surface area contributed by atoms with Crippen molar-refractivity contribution in [2.45, 2.75) is 31.8 Å². The molecule has 1 fully saturated rings. The Labute approximate surface area is 143 Å². The lowest BCUT2D eigenvalue weighted by Crippen LogP contribution is -2.41. The minimum atomic E-state index is -0.690. The average molecular weight is 338 g/mol. The van der Waals surface area contributed by atoms with Crippen molar-refractivity contribution in [1.82, 2.24) is 9.80 Å². The van der Waals surface area contributed by atoms with Gasteiger partial charge in [0.15, 0.2) is 11.6 Å². The summed E-state index contributed by atoms with van der Waals surface area (Å²) in [6.07, 6.45) is 3.08. The SMILES string of the molecule is CN(C)CCCOC1CCN(C(=O)Cc2ccc(O)c(F)c2)CC1. The van der Waals surface area contributed by atoms with E-state index < -0.39 is 11.6 Å². The topological polar surface area (TPSA) is 53.0 Å². The number of aromatic hydroxyl groups is 1.